The van der Waals surface area contributed by atoms with Crippen LogP contribution in [0.2, 0.25) is 10.0 Å². The number of hydrogen-bond acceptors (Lipinski definition) is 6. The van der Waals surface area contributed by atoms with Crippen LogP contribution in [0.5, 0.6) is 0 Å². The molecule has 0 atom stereocenters. The molecule has 1 aliphatic heterocycles. The average molecular weight is 734 g/mol. The molecule has 0 aliphatic carbocycles. The third-order valence-electron chi connectivity index (χ3n) is 9.09. The predicted octanol–water partition coefficient (Wildman–Crippen LogP) is 7.30. The van der Waals surface area contributed by atoms with E-state index in [0.717, 1.165) is 101 Å². The van der Waals surface area contributed by atoms with Gasteiger partial charge in [-0.2, -0.15) is 0 Å². The number of piperazine rings is 1. The number of sulfonamides is 2. The van der Waals surface area contributed by atoms with Crippen molar-refractivity contribution >= 4 is 64.8 Å². The molecule has 12 heteroatoms. The van der Waals surface area contributed by atoms with Gasteiger partial charge < -0.3 is 9.80 Å². The van der Waals surface area contributed by atoms with Gasteiger partial charge in [-0.3, -0.25) is 0 Å². The monoisotopic (exact) mass is 732 g/mol. The summed E-state index contributed by atoms with van der Waals surface area (Å²) in [5.74, 6) is 0. The van der Waals surface area contributed by atoms with Gasteiger partial charge in [0.05, 0.1) is 9.79 Å². The normalized spacial score (nSPS) is 15.0. The molecule has 8 nitrogen and oxygen atoms in total. The van der Waals surface area contributed by atoms with Crippen LogP contribution in [0.4, 0.5) is 0 Å². The number of nitrogens with one attached hydrogen (secondary N) is 2. The fourth-order valence-corrected chi connectivity index (χ4v) is 9.39. The lowest BCUT2D eigenvalue weighted by Crippen LogP contribution is -2.46. The molecular weight excluding hydrogens is 687 g/mol. The highest BCUT2D eigenvalue weighted by Gasteiger charge is 2.20. The molecule has 0 bridgehead atoms. The molecule has 0 aromatic heterocycles. The first-order valence-electron chi connectivity index (χ1n) is 16.9. The number of fused-ring (bicyclic) bond motifs is 2. The molecule has 0 spiro atoms. The molecule has 0 radical (unpaired) electrons. The van der Waals surface area contributed by atoms with Crippen molar-refractivity contribution in [2.45, 2.75) is 61.2 Å². The highest BCUT2D eigenvalue weighted by molar-refractivity contribution is 7.90. The summed E-state index contributed by atoms with van der Waals surface area (Å²) >= 11 is 12.5. The van der Waals surface area contributed by atoms with E-state index in [1.54, 1.807) is 36.4 Å². The van der Waals surface area contributed by atoms with Gasteiger partial charge in [0.1, 0.15) is 0 Å². The summed E-state index contributed by atoms with van der Waals surface area (Å²) in [5.41, 5.74) is 0. The molecule has 0 saturated carbocycles. The van der Waals surface area contributed by atoms with E-state index in [0.29, 0.717) is 33.9 Å². The van der Waals surface area contributed by atoms with Crippen molar-refractivity contribution in [3.05, 3.63) is 82.8 Å². The predicted molar refractivity (Wildman–Crippen MR) is 198 cm³/mol. The van der Waals surface area contributed by atoms with E-state index in [-0.39, 0.29) is 9.79 Å². The van der Waals surface area contributed by atoms with Gasteiger partial charge in [-0.15, -0.1) is 0 Å². The maximum absolute atomic E-state index is 12.9. The van der Waals surface area contributed by atoms with Gasteiger partial charge in [-0.05, 0) is 63.0 Å². The molecule has 0 amide bonds. The quantitative estimate of drug-likeness (QED) is 0.104. The molecule has 1 heterocycles. The van der Waals surface area contributed by atoms with E-state index in [1.807, 2.05) is 36.4 Å². The van der Waals surface area contributed by atoms with Gasteiger partial charge in [-0.25, -0.2) is 26.3 Å². The number of unbranched alkanes of at least 4 members (excludes halogenated alkanes) is 6. The summed E-state index contributed by atoms with van der Waals surface area (Å²) in [6.07, 6.45) is 8.00. The van der Waals surface area contributed by atoms with Gasteiger partial charge in [0.25, 0.3) is 0 Å². The second-order valence-electron chi connectivity index (χ2n) is 12.5. The van der Waals surface area contributed by atoms with Crippen molar-refractivity contribution in [2.24, 2.45) is 0 Å². The Hall–Kier alpha value is -2.28. The molecule has 48 heavy (non-hydrogen) atoms. The van der Waals surface area contributed by atoms with Gasteiger partial charge >= 0.3 is 0 Å². The zero-order valence-electron chi connectivity index (χ0n) is 27.3. The Bertz CT molecular complexity index is 1740. The Morgan fingerprint density at radius 3 is 1.23 bits per heavy atom. The van der Waals surface area contributed by atoms with E-state index < -0.39 is 20.0 Å². The van der Waals surface area contributed by atoms with Crippen LogP contribution in [0, 0.1) is 0 Å². The standard InChI is InChI=1S/C36H46Cl2N4O4S2/c37-33-17-19-35(31-15-7-5-13-29(31)33)47(43,44)39-21-9-1-3-11-23-41-25-27-42(28-26-41)24-12-4-2-10-22-40-48(45,46)36-20-18-34(38)30-14-6-8-16-32(30)36/h5-8,13-20,39-40H,1-4,9-12,21-28H2. The summed E-state index contributed by atoms with van der Waals surface area (Å²) in [6, 6.07) is 21.1. The van der Waals surface area contributed by atoms with Gasteiger partial charge in [0.2, 0.25) is 20.0 Å². The highest BCUT2D eigenvalue weighted by Crippen LogP contribution is 2.30. The van der Waals surface area contributed by atoms with E-state index >= 15 is 0 Å². The van der Waals surface area contributed by atoms with E-state index in [4.69, 9.17) is 23.2 Å². The van der Waals surface area contributed by atoms with Crippen LogP contribution in [0.1, 0.15) is 51.4 Å². The van der Waals surface area contributed by atoms with Crippen LogP contribution in [0.15, 0.2) is 82.6 Å². The van der Waals surface area contributed by atoms with Crippen LogP contribution in [0.25, 0.3) is 21.5 Å². The summed E-state index contributed by atoms with van der Waals surface area (Å²) in [7, 11) is -7.21. The largest absolute Gasteiger partial charge is 0.301 e. The van der Waals surface area contributed by atoms with Gasteiger partial charge in [0.15, 0.2) is 0 Å². The molecule has 0 unspecified atom stereocenters. The van der Waals surface area contributed by atoms with Crippen LogP contribution in [0.3, 0.4) is 0 Å². The molecule has 4 aromatic carbocycles. The highest BCUT2D eigenvalue weighted by atomic mass is 35.5. The minimum Gasteiger partial charge on any atom is -0.301 e. The van der Waals surface area contributed by atoms with Crippen LogP contribution in [-0.4, -0.2) is 79.0 Å². The maximum atomic E-state index is 12.9. The minimum absolute atomic E-state index is 0.270. The minimum atomic E-state index is -3.60. The Kier molecular flexibility index (Phi) is 13.6. The summed E-state index contributed by atoms with van der Waals surface area (Å²) in [6.45, 7) is 7.33. The number of halogens is 2. The lowest BCUT2D eigenvalue weighted by molar-refractivity contribution is 0.129. The second-order valence-corrected chi connectivity index (χ2v) is 16.8. The van der Waals surface area contributed by atoms with Crippen molar-refractivity contribution in [1.82, 2.24) is 19.2 Å². The molecule has 5 rings (SSSR count). The van der Waals surface area contributed by atoms with Crippen molar-refractivity contribution in [3.8, 4) is 0 Å². The number of nitrogens with zero attached hydrogens (tertiary/aromatic N) is 2. The van der Waals surface area contributed by atoms with Crippen molar-refractivity contribution < 1.29 is 16.8 Å². The van der Waals surface area contributed by atoms with E-state index in [9.17, 15) is 16.8 Å². The lowest BCUT2D eigenvalue weighted by atomic mass is 10.1. The van der Waals surface area contributed by atoms with E-state index in [1.165, 1.54) is 0 Å². The Morgan fingerprint density at radius 1 is 0.479 bits per heavy atom. The third-order valence-corrected chi connectivity index (χ3v) is 12.8. The molecule has 4 aromatic rings. The zero-order chi connectivity index (χ0) is 34.0. The summed E-state index contributed by atoms with van der Waals surface area (Å²) < 4.78 is 57.3. The molecule has 260 valence electrons. The van der Waals surface area contributed by atoms with E-state index in [2.05, 4.69) is 19.2 Å². The fraction of sp³-hybridized carbons (Fsp3) is 0.444. The Labute approximate surface area is 295 Å². The summed E-state index contributed by atoms with van der Waals surface area (Å²) in [4.78, 5) is 5.60. The molecule has 1 saturated heterocycles. The first kappa shape index (κ1) is 37.0. The smallest absolute Gasteiger partial charge is 0.241 e. The van der Waals surface area contributed by atoms with Gasteiger partial charge in [-0.1, -0.05) is 97.4 Å². The van der Waals surface area contributed by atoms with Crippen molar-refractivity contribution in [1.29, 1.82) is 0 Å². The molecule has 2 N–H and O–H groups in total. The lowest BCUT2D eigenvalue weighted by Gasteiger charge is -2.34. The SMILES string of the molecule is O=S(=O)(NCCCCCCN1CCN(CCCCCCNS(=O)(=O)c2ccc(Cl)c3ccccc23)CC1)c1ccc(Cl)c2ccccc12. The van der Waals surface area contributed by atoms with Crippen LogP contribution >= 0.6 is 23.2 Å². The Balaban J connectivity index is 0.885. The topological polar surface area (TPSA) is 98.8 Å². The fourth-order valence-electron chi connectivity index (χ4n) is 6.37. The third kappa shape index (κ3) is 9.91. The van der Waals surface area contributed by atoms with Crippen molar-refractivity contribution in [3.63, 3.8) is 0 Å². The average Bonchev–Trinajstić information content (AvgIpc) is 3.08. The second kappa shape index (κ2) is 17.6. The van der Waals surface area contributed by atoms with Crippen LogP contribution < -0.4 is 9.44 Å². The zero-order valence-corrected chi connectivity index (χ0v) is 30.5. The first-order chi connectivity index (χ1) is 23.2. The first-order valence-corrected chi connectivity index (χ1v) is 20.7. The molecule has 1 aliphatic rings. The molecule has 1 fully saturated rings. The van der Waals surface area contributed by atoms with Gasteiger partial charge in [0, 0.05) is 70.9 Å². The number of rotatable bonds is 18. The summed E-state index contributed by atoms with van der Waals surface area (Å²) in [5, 5.41) is 3.85. The number of benzene rings is 4. The van der Waals surface area contributed by atoms with Crippen LogP contribution in [-0.2, 0) is 20.0 Å². The Morgan fingerprint density at radius 2 is 0.833 bits per heavy atom. The maximum Gasteiger partial charge on any atom is 0.241 e. The molecular formula is C36H46Cl2N4O4S2. The number of hydrogen-bond donors (Lipinski definition) is 2. The van der Waals surface area contributed by atoms with Crippen molar-refractivity contribution in [2.75, 3.05) is 52.4 Å².